The molecule has 128 valence electrons. The van der Waals surface area contributed by atoms with Gasteiger partial charge in [-0.05, 0) is 31.7 Å². The molecule has 2 atom stereocenters. The predicted octanol–water partition coefficient (Wildman–Crippen LogP) is 1.85. The number of carbonyl (C=O) groups excluding carboxylic acids is 1. The highest BCUT2D eigenvalue weighted by molar-refractivity contribution is 5.76. The summed E-state index contributed by atoms with van der Waals surface area (Å²) in [6.45, 7) is -1.37. The smallest absolute Gasteiger partial charge is 0.369 e. The number of carbonyl (C=O) groups is 1. The Kier molecular flexibility index (Phi) is 5.81. The van der Waals surface area contributed by atoms with Gasteiger partial charge in [-0.2, -0.15) is 13.2 Å². The van der Waals surface area contributed by atoms with Gasteiger partial charge in [-0.1, -0.05) is 6.07 Å². The quantitative estimate of drug-likeness (QED) is 0.895. The molecular formula is C15H19F3N2O3. The van der Waals surface area contributed by atoms with Gasteiger partial charge in [-0.15, -0.1) is 0 Å². The van der Waals surface area contributed by atoms with Crippen LogP contribution in [0.1, 0.15) is 25.7 Å². The number of aromatic nitrogens is 1. The van der Waals surface area contributed by atoms with Crippen molar-refractivity contribution in [2.75, 3.05) is 6.61 Å². The fraction of sp³-hybridized carbons (Fsp3) is 0.600. The van der Waals surface area contributed by atoms with E-state index in [0.29, 0.717) is 25.7 Å². The normalized spacial score (nSPS) is 21.9. The van der Waals surface area contributed by atoms with Crippen LogP contribution in [0.2, 0.25) is 0 Å². The van der Waals surface area contributed by atoms with Crippen molar-refractivity contribution in [2.24, 2.45) is 0 Å². The van der Waals surface area contributed by atoms with E-state index in [-0.39, 0.29) is 24.1 Å². The summed E-state index contributed by atoms with van der Waals surface area (Å²) in [5.41, 5.74) is -0.280. The molecule has 0 aromatic carbocycles. The highest BCUT2D eigenvalue weighted by Gasteiger charge is 2.31. The topological polar surface area (TPSA) is 60.3 Å². The fourth-order valence-corrected chi connectivity index (χ4v) is 2.66. The molecule has 0 radical (unpaired) electrons. The zero-order valence-electron chi connectivity index (χ0n) is 12.5. The Labute approximate surface area is 131 Å². The lowest BCUT2D eigenvalue weighted by molar-refractivity contribution is -0.188. The van der Waals surface area contributed by atoms with Crippen molar-refractivity contribution >= 4 is 5.91 Å². The molecule has 0 spiro atoms. The molecule has 0 unspecified atom stereocenters. The van der Waals surface area contributed by atoms with Gasteiger partial charge in [0.25, 0.3) is 5.56 Å². The van der Waals surface area contributed by atoms with E-state index in [2.05, 4.69) is 5.32 Å². The molecule has 1 N–H and O–H groups in total. The molecule has 1 fully saturated rings. The number of hydrogen-bond donors (Lipinski definition) is 1. The Bertz CT molecular complexity index is 586. The molecule has 8 heteroatoms. The van der Waals surface area contributed by atoms with Crippen LogP contribution in [0.5, 0.6) is 0 Å². The molecule has 1 aliphatic carbocycles. The molecular weight excluding hydrogens is 313 g/mol. The molecule has 5 nitrogen and oxygen atoms in total. The van der Waals surface area contributed by atoms with Gasteiger partial charge in [0, 0.05) is 18.3 Å². The molecule has 23 heavy (non-hydrogen) atoms. The van der Waals surface area contributed by atoms with E-state index in [1.165, 1.54) is 16.8 Å². The van der Waals surface area contributed by atoms with Gasteiger partial charge >= 0.3 is 6.18 Å². The SMILES string of the molecule is O=C(Cn1ccccc1=O)N[C@H]1CCC[C@@H](OCC(F)(F)F)C1. The minimum absolute atomic E-state index is 0.107. The van der Waals surface area contributed by atoms with Gasteiger partial charge in [0.1, 0.15) is 13.2 Å². The zero-order chi connectivity index (χ0) is 16.9. The number of halogens is 3. The summed E-state index contributed by atoms with van der Waals surface area (Å²) in [5, 5.41) is 2.76. The first-order chi connectivity index (χ1) is 10.8. The van der Waals surface area contributed by atoms with Crippen LogP contribution in [0.15, 0.2) is 29.2 Å². The van der Waals surface area contributed by atoms with Gasteiger partial charge in [0.05, 0.1) is 6.10 Å². The second-order valence-corrected chi connectivity index (χ2v) is 5.65. The summed E-state index contributed by atoms with van der Waals surface area (Å²) in [6, 6.07) is 4.36. The number of nitrogens with zero attached hydrogens (tertiary/aromatic N) is 1. The molecule has 0 aliphatic heterocycles. The summed E-state index contributed by atoms with van der Waals surface area (Å²) >= 11 is 0. The highest BCUT2D eigenvalue weighted by atomic mass is 19.4. The van der Waals surface area contributed by atoms with Gasteiger partial charge < -0.3 is 14.6 Å². The molecule has 2 rings (SSSR count). The molecule has 1 saturated carbocycles. The Hall–Kier alpha value is -1.83. The van der Waals surface area contributed by atoms with E-state index < -0.39 is 18.9 Å². The lowest BCUT2D eigenvalue weighted by Crippen LogP contribution is -2.43. The third-order valence-electron chi connectivity index (χ3n) is 3.69. The number of ether oxygens (including phenoxy) is 1. The predicted molar refractivity (Wildman–Crippen MR) is 76.9 cm³/mol. The van der Waals surface area contributed by atoms with E-state index in [1.807, 2.05) is 0 Å². The third-order valence-corrected chi connectivity index (χ3v) is 3.69. The number of rotatable bonds is 5. The molecule has 1 aliphatic rings. The van der Waals surface area contributed by atoms with Crippen molar-refractivity contribution in [3.05, 3.63) is 34.7 Å². The van der Waals surface area contributed by atoms with E-state index in [1.54, 1.807) is 12.1 Å². The summed E-state index contributed by atoms with van der Waals surface area (Å²) in [6.07, 6.45) is -1.04. The third kappa shape index (κ3) is 6.05. The Balaban J connectivity index is 1.81. The standard InChI is InChI=1S/C15H19F3N2O3/c16-15(17,18)10-23-12-5-3-4-11(8-12)19-13(21)9-20-7-2-1-6-14(20)22/h1-2,6-7,11-12H,3-5,8-10H2,(H,19,21)/t11-,12+/m0/s1. The summed E-state index contributed by atoms with van der Waals surface area (Å²) < 4.78 is 42.7. The molecule has 1 amide bonds. The molecule has 0 saturated heterocycles. The summed E-state index contributed by atoms with van der Waals surface area (Å²) in [5.74, 6) is -0.334. The fourth-order valence-electron chi connectivity index (χ4n) is 2.66. The minimum Gasteiger partial charge on any atom is -0.369 e. The number of nitrogens with one attached hydrogen (secondary N) is 1. The first kappa shape index (κ1) is 17.5. The van der Waals surface area contributed by atoms with Crippen molar-refractivity contribution in [1.82, 2.24) is 9.88 Å². The molecule has 1 aromatic heterocycles. The Morgan fingerprint density at radius 1 is 1.35 bits per heavy atom. The maximum Gasteiger partial charge on any atom is 0.411 e. The van der Waals surface area contributed by atoms with E-state index in [9.17, 15) is 22.8 Å². The van der Waals surface area contributed by atoms with Gasteiger partial charge in [-0.25, -0.2) is 0 Å². The average molecular weight is 332 g/mol. The van der Waals surface area contributed by atoms with E-state index in [0.717, 1.165) is 0 Å². The van der Waals surface area contributed by atoms with Crippen LogP contribution in [0.3, 0.4) is 0 Å². The van der Waals surface area contributed by atoms with Crippen molar-refractivity contribution < 1.29 is 22.7 Å². The maximum atomic E-state index is 12.2. The largest absolute Gasteiger partial charge is 0.411 e. The van der Waals surface area contributed by atoms with Crippen LogP contribution in [-0.4, -0.2) is 35.4 Å². The summed E-state index contributed by atoms with van der Waals surface area (Å²) in [4.78, 5) is 23.5. The van der Waals surface area contributed by atoms with Crippen LogP contribution < -0.4 is 10.9 Å². The number of alkyl halides is 3. The van der Waals surface area contributed by atoms with Crippen LogP contribution in [0.4, 0.5) is 13.2 Å². The minimum atomic E-state index is -4.34. The van der Waals surface area contributed by atoms with Crippen LogP contribution in [-0.2, 0) is 16.1 Å². The van der Waals surface area contributed by atoms with Crippen molar-refractivity contribution in [3.8, 4) is 0 Å². The van der Waals surface area contributed by atoms with Crippen LogP contribution in [0, 0.1) is 0 Å². The lowest BCUT2D eigenvalue weighted by Gasteiger charge is -2.30. The Morgan fingerprint density at radius 3 is 2.83 bits per heavy atom. The number of pyridine rings is 1. The Morgan fingerprint density at radius 2 is 2.13 bits per heavy atom. The first-order valence-corrected chi connectivity index (χ1v) is 7.47. The van der Waals surface area contributed by atoms with E-state index >= 15 is 0 Å². The van der Waals surface area contributed by atoms with Gasteiger partial charge in [0.15, 0.2) is 0 Å². The second kappa shape index (κ2) is 7.63. The molecule has 0 bridgehead atoms. The van der Waals surface area contributed by atoms with Crippen molar-refractivity contribution in [2.45, 2.75) is 50.6 Å². The zero-order valence-corrected chi connectivity index (χ0v) is 12.5. The maximum absolute atomic E-state index is 12.2. The van der Waals surface area contributed by atoms with Crippen LogP contribution in [0.25, 0.3) is 0 Å². The summed E-state index contributed by atoms with van der Waals surface area (Å²) in [7, 11) is 0. The van der Waals surface area contributed by atoms with E-state index in [4.69, 9.17) is 4.74 Å². The monoisotopic (exact) mass is 332 g/mol. The van der Waals surface area contributed by atoms with Crippen molar-refractivity contribution in [3.63, 3.8) is 0 Å². The first-order valence-electron chi connectivity index (χ1n) is 7.47. The highest BCUT2D eigenvalue weighted by Crippen LogP contribution is 2.24. The number of amides is 1. The lowest BCUT2D eigenvalue weighted by atomic mass is 9.93. The average Bonchev–Trinajstić information content (AvgIpc) is 2.47. The molecule has 1 aromatic rings. The number of hydrogen-bond acceptors (Lipinski definition) is 3. The molecule has 1 heterocycles. The van der Waals surface area contributed by atoms with Gasteiger partial charge in [0.2, 0.25) is 5.91 Å². The second-order valence-electron chi connectivity index (χ2n) is 5.65. The van der Waals surface area contributed by atoms with Crippen molar-refractivity contribution in [1.29, 1.82) is 0 Å². The van der Waals surface area contributed by atoms with Gasteiger partial charge in [-0.3, -0.25) is 9.59 Å². The van der Waals surface area contributed by atoms with Crippen LogP contribution >= 0.6 is 0 Å².